The molecule has 2 aromatic carbocycles. The van der Waals surface area contributed by atoms with Crippen molar-refractivity contribution in [2.75, 3.05) is 30.8 Å². The highest BCUT2D eigenvalue weighted by atomic mass is 35.5. The van der Waals surface area contributed by atoms with Crippen molar-refractivity contribution < 1.29 is 18.3 Å². The third-order valence-corrected chi connectivity index (χ3v) is 8.37. The first kappa shape index (κ1) is 23.5. The Morgan fingerprint density at radius 2 is 2.09 bits per heavy atom. The molecule has 0 bridgehead atoms. The Labute approximate surface area is 210 Å². The number of aromatic hydroxyl groups is 1. The minimum atomic E-state index is -3.40. The number of hydrogen-bond donors (Lipinski definition) is 2. The maximum absolute atomic E-state index is 11.9. The number of benzene rings is 2. The topological polar surface area (TPSA) is 124 Å². The average Bonchev–Trinajstić information content (AvgIpc) is 3.43. The predicted octanol–water partition coefficient (Wildman–Crippen LogP) is 1.25. The lowest BCUT2D eigenvalue weighted by molar-refractivity contribution is -0.120. The van der Waals surface area contributed by atoms with Crippen molar-refractivity contribution in [2.24, 2.45) is 10.2 Å². The fourth-order valence-corrected chi connectivity index (χ4v) is 5.94. The van der Waals surface area contributed by atoms with E-state index in [9.17, 15) is 18.3 Å². The molecule has 35 heavy (non-hydrogen) atoms. The van der Waals surface area contributed by atoms with Crippen molar-refractivity contribution in [3.05, 3.63) is 68.0 Å². The highest BCUT2D eigenvalue weighted by Gasteiger charge is 2.24. The number of carbonyl (C=O) groups is 1. The van der Waals surface area contributed by atoms with E-state index in [4.69, 9.17) is 11.6 Å². The second kappa shape index (κ2) is 9.06. The van der Waals surface area contributed by atoms with Crippen LogP contribution >= 0.6 is 22.9 Å². The lowest BCUT2D eigenvalue weighted by Gasteiger charge is -2.25. The number of hydrogen-bond acceptors (Lipinski definition) is 9. The number of rotatable bonds is 5. The summed E-state index contributed by atoms with van der Waals surface area (Å²) in [5.41, 5.74) is 2.29. The van der Waals surface area contributed by atoms with Crippen molar-refractivity contribution in [1.82, 2.24) is 10.3 Å². The van der Waals surface area contributed by atoms with Crippen LogP contribution in [0.3, 0.4) is 0 Å². The Morgan fingerprint density at radius 1 is 1.26 bits per heavy atom. The summed E-state index contributed by atoms with van der Waals surface area (Å²) in [7, 11) is -3.40. The van der Waals surface area contributed by atoms with Crippen LogP contribution in [0.15, 0.2) is 51.5 Å². The number of halogens is 1. The summed E-state index contributed by atoms with van der Waals surface area (Å²) in [6.45, 7) is 1.25. The largest absolute Gasteiger partial charge is 0.492 e. The zero-order valence-electron chi connectivity index (χ0n) is 18.5. The fraction of sp³-hybridized carbons (Fsp3) is 0.217. The Balaban J connectivity index is 1.63. The van der Waals surface area contributed by atoms with E-state index in [2.05, 4.69) is 20.5 Å². The molecule has 9 nitrogen and oxygen atoms in total. The van der Waals surface area contributed by atoms with Gasteiger partial charge in [0.25, 0.3) is 0 Å². The number of aromatic nitrogens is 1. The number of fused-ring (bicyclic) bond motifs is 1. The first-order chi connectivity index (χ1) is 16.7. The van der Waals surface area contributed by atoms with Gasteiger partial charge in [0.05, 0.1) is 27.9 Å². The Hall–Kier alpha value is -3.28. The maximum Gasteiger partial charge on any atom is 0.239 e. The van der Waals surface area contributed by atoms with Crippen molar-refractivity contribution in [3.8, 4) is 5.88 Å². The number of nitrogens with zero attached hydrogens (tertiary/aromatic N) is 4. The highest BCUT2D eigenvalue weighted by Crippen LogP contribution is 2.37. The van der Waals surface area contributed by atoms with Crippen molar-refractivity contribution in [1.29, 1.82) is 0 Å². The van der Waals surface area contributed by atoms with E-state index in [1.54, 1.807) is 12.3 Å². The number of piperazine rings is 1. The molecule has 2 N–H and O–H groups in total. The third kappa shape index (κ3) is 4.79. The van der Waals surface area contributed by atoms with Gasteiger partial charge in [0.2, 0.25) is 11.8 Å². The second-order valence-corrected chi connectivity index (χ2v) is 11.6. The number of thiazole rings is 1. The Bertz CT molecular complexity index is 1610. The van der Waals surface area contributed by atoms with Gasteiger partial charge in [-0.3, -0.25) is 4.79 Å². The van der Waals surface area contributed by atoms with Gasteiger partial charge in [0.15, 0.2) is 15.0 Å². The number of amides is 1. The van der Waals surface area contributed by atoms with Crippen molar-refractivity contribution in [3.63, 3.8) is 0 Å². The summed E-state index contributed by atoms with van der Waals surface area (Å²) >= 11 is 7.78. The molecule has 0 unspecified atom stereocenters. The lowest BCUT2D eigenvalue weighted by Crippen LogP contribution is -2.47. The van der Waals surface area contributed by atoms with Gasteiger partial charge in [0.1, 0.15) is 0 Å². The molecular formula is C23H20ClN5O4S2. The number of carbonyl (C=O) groups excluding carboxylic acids is 1. The summed E-state index contributed by atoms with van der Waals surface area (Å²) in [5, 5.41) is 24.1. The summed E-state index contributed by atoms with van der Waals surface area (Å²) in [6.07, 6.45) is 3.10. The molecule has 0 spiro atoms. The van der Waals surface area contributed by atoms with Gasteiger partial charge < -0.3 is 15.3 Å². The van der Waals surface area contributed by atoms with E-state index in [0.29, 0.717) is 40.1 Å². The van der Waals surface area contributed by atoms with Crippen LogP contribution in [0, 0.1) is 0 Å². The number of nitrogens with one attached hydrogen (secondary N) is 1. The van der Waals surface area contributed by atoms with Crippen LogP contribution < -0.4 is 20.8 Å². The Morgan fingerprint density at radius 3 is 2.83 bits per heavy atom. The minimum absolute atomic E-state index is 0.101. The first-order valence-corrected chi connectivity index (χ1v) is 13.7. The second-order valence-electron chi connectivity index (χ2n) is 8.22. The molecule has 0 radical (unpaired) electrons. The molecular weight excluding hydrogens is 510 g/mol. The van der Waals surface area contributed by atoms with Crippen LogP contribution in [0.25, 0.3) is 5.57 Å². The predicted molar refractivity (Wildman–Crippen MR) is 135 cm³/mol. The lowest BCUT2D eigenvalue weighted by atomic mass is 10.00. The van der Waals surface area contributed by atoms with Gasteiger partial charge in [-0.15, -0.1) is 0 Å². The van der Waals surface area contributed by atoms with E-state index in [1.807, 2.05) is 23.1 Å². The summed E-state index contributed by atoms with van der Waals surface area (Å²) < 4.78 is 23.9. The molecule has 0 atom stereocenters. The maximum atomic E-state index is 11.9. The molecule has 1 saturated heterocycles. The van der Waals surface area contributed by atoms with Crippen LogP contribution in [-0.2, 0) is 21.1 Å². The zero-order chi connectivity index (χ0) is 24.7. The molecule has 180 valence electrons. The van der Waals surface area contributed by atoms with E-state index in [1.165, 1.54) is 23.5 Å². The van der Waals surface area contributed by atoms with Crippen molar-refractivity contribution >= 4 is 55.6 Å². The number of anilines is 1. The monoisotopic (exact) mass is 529 g/mol. The molecule has 1 aromatic heterocycles. The molecule has 0 aliphatic carbocycles. The van der Waals surface area contributed by atoms with Gasteiger partial charge >= 0.3 is 0 Å². The molecule has 12 heteroatoms. The van der Waals surface area contributed by atoms with E-state index in [0.717, 1.165) is 28.0 Å². The SMILES string of the molecule is CS(=O)(=O)c1ccc(CC(c2sc(N3CCNC(=O)C3)nc2O)=c2ccc3c(c2)C=NN=3)c(Cl)c1. The smallest absolute Gasteiger partial charge is 0.239 e. The zero-order valence-corrected chi connectivity index (χ0v) is 20.9. The van der Waals surface area contributed by atoms with Crippen LogP contribution in [0.5, 0.6) is 5.88 Å². The van der Waals surface area contributed by atoms with Gasteiger partial charge in [-0.1, -0.05) is 35.1 Å². The Kier molecular flexibility index (Phi) is 6.07. The average molecular weight is 530 g/mol. The highest BCUT2D eigenvalue weighted by molar-refractivity contribution is 7.90. The van der Waals surface area contributed by atoms with E-state index < -0.39 is 9.84 Å². The van der Waals surface area contributed by atoms with Crippen LogP contribution in [0.4, 0.5) is 5.13 Å². The van der Waals surface area contributed by atoms with Gasteiger partial charge in [-0.25, -0.2) is 8.42 Å². The summed E-state index contributed by atoms with van der Waals surface area (Å²) in [6, 6.07) is 10.3. The van der Waals surface area contributed by atoms with E-state index in [-0.39, 0.29) is 23.2 Å². The quantitative estimate of drug-likeness (QED) is 0.512. The van der Waals surface area contributed by atoms with Crippen LogP contribution in [-0.4, -0.2) is 56.5 Å². The summed E-state index contributed by atoms with van der Waals surface area (Å²) in [5.74, 6) is -0.246. The van der Waals surface area contributed by atoms with Gasteiger partial charge in [-0.2, -0.15) is 15.2 Å². The fourth-order valence-electron chi connectivity index (χ4n) is 3.93. The standard InChI is InChI=1S/C23H20ClN5O4S2/c1-35(32,33)16-4-2-14(18(24)10-16)9-17(13-3-5-19-15(8-13)11-26-28-19)21-22(31)27-23(34-21)29-7-6-25-20(30)12-29/h2-5,8,10-11,31H,6-7,9,12H2,1H3,(H,25,30). The van der Waals surface area contributed by atoms with Crippen LogP contribution in [0.2, 0.25) is 5.02 Å². The molecule has 2 aliphatic rings. The van der Waals surface area contributed by atoms with Crippen LogP contribution in [0.1, 0.15) is 16.0 Å². The van der Waals surface area contributed by atoms with Gasteiger partial charge in [-0.05, 0) is 40.6 Å². The molecule has 0 saturated carbocycles. The van der Waals surface area contributed by atoms with E-state index >= 15 is 0 Å². The summed E-state index contributed by atoms with van der Waals surface area (Å²) in [4.78, 5) is 18.7. The molecule has 5 rings (SSSR count). The normalized spacial score (nSPS) is 16.1. The molecule has 1 fully saturated rings. The molecule has 3 aromatic rings. The third-order valence-electron chi connectivity index (χ3n) is 5.74. The first-order valence-electron chi connectivity index (χ1n) is 10.6. The molecule has 1 amide bonds. The van der Waals surface area contributed by atoms with Crippen molar-refractivity contribution in [2.45, 2.75) is 11.3 Å². The number of sulfone groups is 1. The minimum Gasteiger partial charge on any atom is -0.492 e. The molecule has 3 heterocycles. The van der Waals surface area contributed by atoms with Gasteiger partial charge in [0, 0.05) is 36.4 Å². The molecule has 2 aliphatic heterocycles.